The molecule has 0 saturated carbocycles. The van der Waals surface area contributed by atoms with Crippen LogP contribution in [0.5, 0.6) is 0 Å². The Bertz CT molecular complexity index is 385. The summed E-state index contributed by atoms with van der Waals surface area (Å²) in [5, 5.41) is 0. The van der Waals surface area contributed by atoms with Crippen LogP contribution in [0.2, 0.25) is 0 Å². The number of rotatable bonds is 8. The summed E-state index contributed by atoms with van der Waals surface area (Å²) in [6, 6.07) is 4.92. The third-order valence-electron chi connectivity index (χ3n) is 4.35. The minimum atomic E-state index is 0.677. The molecule has 1 aromatic heterocycles. The van der Waals surface area contributed by atoms with Crippen LogP contribution in [0, 0.1) is 0 Å². The van der Waals surface area contributed by atoms with Gasteiger partial charge in [0.15, 0.2) is 0 Å². The van der Waals surface area contributed by atoms with Gasteiger partial charge in [-0.2, -0.15) is 0 Å². The van der Waals surface area contributed by atoms with Crippen LogP contribution in [0.15, 0.2) is 24.5 Å². The summed E-state index contributed by atoms with van der Waals surface area (Å²) in [5.41, 5.74) is 1.39. The fraction of sp³-hybridized carbons (Fsp3) is 0.706. The van der Waals surface area contributed by atoms with Crippen molar-refractivity contribution in [1.29, 1.82) is 0 Å². The highest BCUT2D eigenvalue weighted by Gasteiger charge is 2.24. The van der Waals surface area contributed by atoms with Gasteiger partial charge in [0, 0.05) is 57.8 Å². The molecule has 2 rings (SSSR count). The van der Waals surface area contributed by atoms with Gasteiger partial charge in [0.1, 0.15) is 0 Å². The van der Waals surface area contributed by atoms with Gasteiger partial charge in [0.25, 0.3) is 0 Å². The maximum Gasteiger partial charge on any atom is 0.0593 e. The van der Waals surface area contributed by atoms with Crippen LogP contribution in [-0.4, -0.2) is 66.8 Å². The van der Waals surface area contributed by atoms with Crippen LogP contribution in [0.3, 0.4) is 0 Å². The lowest BCUT2D eigenvalue weighted by atomic mass is 10.1. The lowest BCUT2D eigenvalue weighted by Crippen LogP contribution is -2.53. The number of hydrogen-bond donors (Lipinski definition) is 0. The van der Waals surface area contributed by atoms with Crippen molar-refractivity contribution in [2.24, 2.45) is 0 Å². The molecule has 0 amide bonds. The van der Waals surface area contributed by atoms with E-state index in [0.29, 0.717) is 6.04 Å². The Hall–Kier alpha value is -0.970. The zero-order valence-electron chi connectivity index (χ0n) is 13.5. The zero-order chi connectivity index (χ0) is 14.9. The Balaban J connectivity index is 1.75. The maximum absolute atomic E-state index is 5.50. The van der Waals surface area contributed by atoms with Gasteiger partial charge in [-0.05, 0) is 37.5 Å². The van der Waals surface area contributed by atoms with Crippen molar-refractivity contribution in [2.75, 3.05) is 45.9 Å². The minimum Gasteiger partial charge on any atom is -0.380 e. The van der Waals surface area contributed by atoms with E-state index in [0.717, 1.165) is 32.7 Å². The molecular weight excluding hydrogens is 262 g/mol. The maximum atomic E-state index is 5.50. The molecule has 1 aliphatic heterocycles. The zero-order valence-corrected chi connectivity index (χ0v) is 13.5. The second-order valence-corrected chi connectivity index (χ2v) is 5.70. The van der Waals surface area contributed by atoms with E-state index in [1.807, 2.05) is 12.4 Å². The van der Waals surface area contributed by atoms with Crippen molar-refractivity contribution < 1.29 is 4.74 Å². The second-order valence-electron chi connectivity index (χ2n) is 5.70. The van der Waals surface area contributed by atoms with E-state index in [2.05, 4.69) is 40.8 Å². The number of piperazine rings is 1. The lowest BCUT2D eigenvalue weighted by molar-refractivity contribution is 0.0417. The summed E-state index contributed by atoms with van der Waals surface area (Å²) >= 11 is 0. The Morgan fingerprint density at radius 2 is 2.00 bits per heavy atom. The molecule has 0 aromatic carbocycles. The number of pyridine rings is 1. The molecule has 21 heavy (non-hydrogen) atoms. The Labute approximate surface area is 129 Å². The third kappa shape index (κ3) is 5.38. The van der Waals surface area contributed by atoms with Gasteiger partial charge < -0.3 is 9.64 Å². The summed E-state index contributed by atoms with van der Waals surface area (Å²) < 4.78 is 5.50. The molecule has 0 N–H and O–H groups in total. The van der Waals surface area contributed by atoms with Gasteiger partial charge in [0.2, 0.25) is 0 Å². The van der Waals surface area contributed by atoms with E-state index in [1.54, 1.807) is 0 Å². The van der Waals surface area contributed by atoms with Crippen LogP contribution in [0.1, 0.15) is 25.8 Å². The third-order valence-corrected chi connectivity index (χ3v) is 4.35. The van der Waals surface area contributed by atoms with Crippen molar-refractivity contribution in [2.45, 2.75) is 32.7 Å². The van der Waals surface area contributed by atoms with Crippen molar-refractivity contribution >= 4 is 0 Å². The molecule has 0 spiro atoms. The molecule has 4 nitrogen and oxygen atoms in total. The lowest BCUT2D eigenvalue weighted by Gasteiger charge is -2.41. The molecule has 2 heterocycles. The van der Waals surface area contributed by atoms with Crippen LogP contribution < -0.4 is 0 Å². The van der Waals surface area contributed by atoms with E-state index in [9.17, 15) is 0 Å². The molecule has 1 fully saturated rings. The smallest absolute Gasteiger partial charge is 0.0593 e. The molecule has 1 aromatic rings. The Kier molecular flexibility index (Phi) is 7.13. The second kappa shape index (κ2) is 9.13. The SMILES string of the molecule is CCOCCN1CCN(CCc2ccncc2)CC1CC. The van der Waals surface area contributed by atoms with Crippen molar-refractivity contribution in [3.05, 3.63) is 30.1 Å². The highest BCUT2D eigenvalue weighted by Crippen LogP contribution is 2.13. The van der Waals surface area contributed by atoms with Gasteiger partial charge >= 0.3 is 0 Å². The molecule has 1 unspecified atom stereocenters. The Morgan fingerprint density at radius 1 is 1.19 bits per heavy atom. The summed E-state index contributed by atoms with van der Waals surface area (Å²) in [5.74, 6) is 0. The topological polar surface area (TPSA) is 28.6 Å². The highest BCUT2D eigenvalue weighted by molar-refractivity contribution is 5.10. The summed E-state index contributed by atoms with van der Waals surface area (Å²) in [7, 11) is 0. The first-order chi connectivity index (χ1) is 10.3. The summed E-state index contributed by atoms with van der Waals surface area (Å²) in [6.45, 7) is 11.8. The van der Waals surface area contributed by atoms with Crippen LogP contribution in [-0.2, 0) is 11.2 Å². The van der Waals surface area contributed by atoms with Gasteiger partial charge in [0.05, 0.1) is 6.61 Å². The van der Waals surface area contributed by atoms with E-state index in [1.165, 1.54) is 31.6 Å². The van der Waals surface area contributed by atoms with Crippen LogP contribution in [0.4, 0.5) is 0 Å². The van der Waals surface area contributed by atoms with Gasteiger partial charge in [-0.15, -0.1) is 0 Å². The van der Waals surface area contributed by atoms with Crippen molar-refractivity contribution in [3.63, 3.8) is 0 Å². The first kappa shape index (κ1) is 16.4. The molecule has 118 valence electrons. The first-order valence-corrected chi connectivity index (χ1v) is 8.26. The normalized spacial score (nSPS) is 20.8. The average Bonchev–Trinajstić information content (AvgIpc) is 2.55. The van der Waals surface area contributed by atoms with Crippen molar-refractivity contribution in [3.8, 4) is 0 Å². The predicted molar refractivity (Wildman–Crippen MR) is 86.5 cm³/mol. The van der Waals surface area contributed by atoms with E-state index in [4.69, 9.17) is 4.74 Å². The predicted octanol–water partition coefficient (Wildman–Crippen LogP) is 2.06. The number of nitrogens with zero attached hydrogens (tertiary/aromatic N) is 3. The number of ether oxygens (including phenoxy) is 1. The standard InChI is InChI=1S/C17H29N3O/c1-3-17-15-19(10-7-16-5-8-18-9-6-16)11-12-20(17)13-14-21-4-2/h5-6,8-9,17H,3-4,7,10-15H2,1-2H3. The molecule has 4 heteroatoms. The van der Waals surface area contributed by atoms with E-state index in [-0.39, 0.29) is 0 Å². The number of aromatic nitrogens is 1. The quantitative estimate of drug-likeness (QED) is 0.686. The molecule has 1 atom stereocenters. The number of hydrogen-bond acceptors (Lipinski definition) is 4. The fourth-order valence-corrected chi connectivity index (χ4v) is 3.00. The van der Waals surface area contributed by atoms with E-state index < -0.39 is 0 Å². The summed E-state index contributed by atoms with van der Waals surface area (Å²) in [4.78, 5) is 9.28. The van der Waals surface area contributed by atoms with Gasteiger partial charge in [-0.25, -0.2) is 0 Å². The molecule has 1 aliphatic rings. The fourth-order valence-electron chi connectivity index (χ4n) is 3.00. The molecule has 0 bridgehead atoms. The molecule has 0 radical (unpaired) electrons. The van der Waals surface area contributed by atoms with Gasteiger partial charge in [-0.1, -0.05) is 6.92 Å². The first-order valence-electron chi connectivity index (χ1n) is 8.26. The average molecular weight is 291 g/mol. The van der Waals surface area contributed by atoms with Crippen molar-refractivity contribution in [1.82, 2.24) is 14.8 Å². The monoisotopic (exact) mass is 291 g/mol. The molecule has 1 saturated heterocycles. The Morgan fingerprint density at radius 3 is 2.71 bits per heavy atom. The van der Waals surface area contributed by atoms with E-state index >= 15 is 0 Å². The minimum absolute atomic E-state index is 0.677. The van der Waals surface area contributed by atoms with Gasteiger partial charge in [-0.3, -0.25) is 9.88 Å². The molecular formula is C17H29N3O. The summed E-state index contributed by atoms with van der Waals surface area (Å²) in [6.07, 6.45) is 6.11. The van der Waals surface area contributed by atoms with Crippen LogP contribution in [0.25, 0.3) is 0 Å². The molecule has 0 aliphatic carbocycles. The highest BCUT2D eigenvalue weighted by atomic mass is 16.5. The largest absolute Gasteiger partial charge is 0.380 e. The van der Waals surface area contributed by atoms with Crippen LogP contribution >= 0.6 is 0 Å².